The predicted octanol–water partition coefficient (Wildman–Crippen LogP) is 1.92. The number of rotatable bonds is 6. The SMILES string of the molecule is COCC(=O)Nc1cc(-c2ccco2)nn1-c1nc(C(C)C)cc(=O)[nH]1. The van der Waals surface area contributed by atoms with E-state index in [1.807, 2.05) is 13.8 Å². The molecule has 26 heavy (non-hydrogen) atoms. The lowest BCUT2D eigenvalue weighted by atomic mass is 10.1. The first kappa shape index (κ1) is 17.6. The van der Waals surface area contributed by atoms with Crippen molar-refractivity contribution in [3.8, 4) is 17.4 Å². The molecule has 0 aliphatic heterocycles. The molecule has 136 valence electrons. The minimum Gasteiger partial charge on any atom is -0.463 e. The third-order valence-corrected chi connectivity index (χ3v) is 3.57. The number of hydrogen-bond acceptors (Lipinski definition) is 6. The molecular weight excluding hydrogens is 338 g/mol. The lowest BCUT2D eigenvalue weighted by Gasteiger charge is -2.10. The topological polar surface area (TPSA) is 115 Å². The molecule has 0 radical (unpaired) electrons. The lowest BCUT2D eigenvalue weighted by Crippen LogP contribution is -2.21. The van der Waals surface area contributed by atoms with Crippen LogP contribution in [0.25, 0.3) is 17.4 Å². The molecule has 0 aromatic carbocycles. The van der Waals surface area contributed by atoms with Crippen LogP contribution in [-0.4, -0.2) is 39.4 Å². The Kier molecular flexibility index (Phi) is 4.99. The highest BCUT2D eigenvalue weighted by molar-refractivity contribution is 5.91. The summed E-state index contributed by atoms with van der Waals surface area (Å²) in [5.74, 6) is 0.757. The van der Waals surface area contributed by atoms with Crippen LogP contribution in [0.5, 0.6) is 0 Å². The number of nitrogens with zero attached hydrogens (tertiary/aromatic N) is 3. The molecule has 0 fully saturated rings. The van der Waals surface area contributed by atoms with Gasteiger partial charge in [0.05, 0.1) is 12.0 Å². The Balaban J connectivity index is 2.10. The molecule has 3 aromatic heterocycles. The van der Waals surface area contributed by atoms with Gasteiger partial charge in [-0.3, -0.25) is 14.6 Å². The molecule has 0 saturated heterocycles. The Bertz CT molecular complexity index is 956. The second-order valence-electron chi connectivity index (χ2n) is 5.93. The highest BCUT2D eigenvalue weighted by atomic mass is 16.5. The van der Waals surface area contributed by atoms with Crippen molar-refractivity contribution in [3.05, 3.63) is 46.6 Å². The van der Waals surface area contributed by atoms with Gasteiger partial charge in [0, 0.05) is 19.2 Å². The number of aromatic amines is 1. The third kappa shape index (κ3) is 3.72. The van der Waals surface area contributed by atoms with Gasteiger partial charge in [-0.2, -0.15) is 9.78 Å². The third-order valence-electron chi connectivity index (χ3n) is 3.57. The van der Waals surface area contributed by atoms with Gasteiger partial charge < -0.3 is 14.5 Å². The van der Waals surface area contributed by atoms with Crippen LogP contribution in [-0.2, 0) is 9.53 Å². The van der Waals surface area contributed by atoms with Gasteiger partial charge >= 0.3 is 0 Å². The smallest absolute Gasteiger partial charge is 0.252 e. The average Bonchev–Trinajstić information content (AvgIpc) is 3.23. The second-order valence-corrected chi connectivity index (χ2v) is 5.93. The molecule has 9 nitrogen and oxygen atoms in total. The monoisotopic (exact) mass is 357 g/mol. The fourth-order valence-electron chi connectivity index (χ4n) is 2.35. The lowest BCUT2D eigenvalue weighted by molar-refractivity contribution is -0.119. The van der Waals surface area contributed by atoms with Gasteiger partial charge in [0.15, 0.2) is 5.76 Å². The van der Waals surface area contributed by atoms with Crippen LogP contribution < -0.4 is 10.9 Å². The van der Waals surface area contributed by atoms with E-state index in [9.17, 15) is 9.59 Å². The van der Waals surface area contributed by atoms with Crippen LogP contribution in [0.3, 0.4) is 0 Å². The summed E-state index contributed by atoms with van der Waals surface area (Å²) < 4.78 is 11.6. The molecule has 0 spiro atoms. The number of carbonyl (C=O) groups excluding carboxylic acids is 1. The van der Waals surface area contributed by atoms with Crippen LogP contribution >= 0.6 is 0 Å². The fourth-order valence-corrected chi connectivity index (χ4v) is 2.35. The standard InChI is InChI=1S/C17H19N5O4/c1-10(2)11-8-15(23)20-17(18-11)22-14(19-16(24)9-25-3)7-12(21-22)13-5-4-6-26-13/h4-8,10H,9H2,1-3H3,(H,19,24)(H,18,20,23). The zero-order valence-corrected chi connectivity index (χ0v) is 14.6. The summed E-state index contributed by atoms with van der Waals surface area (Å²) in [6.07, 6.45) is 1.52. The number of aromatic nitrogens is 4. The summed E-state index contributed by atoms with van der Waals surface area (Å²) in [7, 11) is 1.43. The van der Waals surface area contributed by atoms with Crippen molar-refractivity contribution in [2.75, 3.05) is 19.0 Å². The Hall–Kier alpha value is -3.20. The molecule has 0 unspecified atom stereocenters. The van der Waals surface area contributed by atoms with Gasteiger partial charge in [0.25, 0.3) is 11.5 Å². The predicted molar refractivity (Wildman–Crippen MR) is 94.3 cm³/mol. The molecule has 3 aromatic rings. The largest absolute Gasteiger partial charge is 0.463 e. The molecular formula is C17H19N5O4. The molecule has 0 aliphatic rings. The first-order valence-corrected chi connectivity index (χ1v) is 8.02. The van der Waals surface area contributed by atoms with Gasteiger partial charge in [-0.1, -0.05) is 13.8 Å². The fraction of sp³-hybridized carbons (Fsp3) is 0.294. The van der Waals surface area contributed by atoms with E-state index in [1.165, 1.54) is 24.1 Å². The first-order valence-electron chi connectivity index (χ1n) is 8.02. The second kappa shape index (κ2) is 7.36. The van der Waals surface area contributed by atoms with E-state index < -0.39 is 0 Å². The number of carbonyl (C=O) groups is 1. The van der Waals surface area contributed by atoms with Crippen molar-refractivity contribution in [2.45, 2.75) is 19.8 Å². The highest BCUT2D eigenvalue weighted by Gasteiger charge is 2.17. The van der Waals surface area contributed by atoms with Gasteiger partial charge in [-0.15, -0.1) is 0 Å². The maximum atomic E-state index is 12.0. The van der Waals surface area contributed by atoms with E-state index in [-0.39, 0.29) is 29.9 Å². The van der Waals surface area contributed by atoms with E-state index >= 15 is 0 Å². The van der Waals surface area contributed by atoms with Crippen molar-refractivity contribution in [1.29, 1.82) is 0 Å². The summed E-state index contributed by atoms with van der Waals surface area (Å²) in [5, 5.41) is 7.11. The van der Waals surface area contributed by atoms with Crippen LogP contribution in [0.15, 0.2) is 39.7 Å². The van der Waals surface area contributed by atoms with Crippen molar-refractivity contribution in [2.24, 2.45) is 0 Å². The van der Waals surface area contributed by atoms with Crippen LogP contribution in [0.1, 0.15) is 25.5 Å². The highest BCUT2D eigenvalue weighted by Crippen LogP contribution is 2.24. The number of ether oxygens (including phenoxy) is 1. The molecule has 0 atom stereocenters. The number of furan rings is 1. The number of methoxy groups -OCH3 is 1. The van der Waals surface area contributed by atoms with E-state index in [4.69, 9.17) is 9.15 Å². The molecule has 1 amide bonds. The first-order chi connectivity index (χ1) is 12.5. The van der Waals surface area contributed by atoms with Crippen molar-refractivity contribution in [1.82, 2.24) is 19.7 Å². The normalized spacial score (nSPS) is 11.1. The van der Waals surface area contributed by atoms with Crippen molar-refractivity contribution >= 4 is 11.7 Å². The Labute approximate surface area is 149 Å². The maximum absolute atomic E-state index is 12.0. The van der Waals surface area contributed by atoms with Gasteiger partial charge in [0.2, 0.25) is 5.95 Å². The van der Waals surface area contributed by atoms with Crippen molar-refractivity contribution < 1.29 is 13.9 Å². The Morgan fingerprint density at radius 3 is 2.88 bits per heavy atom. The molecule has 2 N–H and O–H groups in total. The number of H-pyrrole nitrogens is 1. The number of amides is 1. The van der Waals surface area contributed by atoms with E-state index in [2.05, 4.69) is 20.4 Å². The van der Waals surface area contributed by atoms with E-state index in [0.717, 1.165) is 0 Å². The zero-order valence-electron chi connectivity index (χ0n) is 14.6. The minimum absolute atomic E-state index is 0.0580. The van der Waals surface area contributed by atoms with Gasteiger partial charge in [0.1, 0.15) is 18.1 Å². The number of nitrogens with one attached hydrogen (secondary N) is 2. The number of anilines is 1. The molecule has 0 aliphatic carbocycles. The molecule has 0 saturated carbocycles. The number of hydrogen-bond donors (Lipinski definition) is 2. The van der Waals surface area contributed by atoms with Gasteiger partial charge in [-0.25, -0.2) is 4.98 Å². The van der Waals surface area contributed by atoms with Crippen LogP contribution in [0.4, 0.5) is 5.82 Å². The molecule has 3 heterocycles. The summed E-state index contributed by atoms with van der Waals surface area (Å²) in [6.45, 7) is 3.76. The molecule has 9 heteroatoms. The minimum atomic E-state index is -0.359. The maximum Gasteiger partial charge on any atom is 0.252 e. The zero-order chi connectivity index (χ0) is 18.7. The van der Waals surface area contributed by atoms with Crippen molar-refractivity contribution in [3.63, 3.8) is 0 Å². The molecule has 0 bridgehead atoms. The summed E-state index contributed by atoms with van der Waals surface area (Å²) in [5.41, 5.74) is 0.802. The van der Waals surface area contributed by atoms with Gasteiger partial charge in [-0.05, 0) is 18.1 Å². The van der Waals surface area contributed by atoms with Crippen LogP contribution in [0, 0.1) is 0 Å². The Morgan fingerprint density at radius 2 is 2.23 bits per heavy atom. The summed E-state index contributed by atoms with van der Waals surface area (Å²) >= 11 is 0. The van der Waals surface area contributed by atoms with Crippen LogP contribution in [0.2, 0.25) is 0 Å². The Morgan fingerprint density at radius 1 is 1.42 bits per heavy atom. The van der Waals surface area contributed by atoms with E-state index in [1.54, 1.807) is 18.2 Å². The molecule has 3 rings (SSSR count). The quantitative estimate of drug-likeness (QED) is 0.696. The van der Waals surface area contributed by atoms with E-state index in [0.29, 0.717) is 23.0 Å². The summed E-state index contributed by atoms with van der Waals surface area (Å²) in [4.78, 5) is 31.0. The average molecular weight is 357 g/mol. The summed E-state index contributed by atoms with van der Waals surface area (Å²) in [6, 6.07) is 6.55.